The number of hydrogen-bond donors (Lipinski definition) is 1. The van der Waals surface area contributed by atoms with Crippen LogP contribution in [0.5, 0.6) is 0 Å². The van der Waals surface area contributed by atoms with Crippen LogP contribution in [-0.4, -0.2) is 11.7 Å². The van der Waals surface area contributed by atoms with Crippen molar-refractivity contribution in [2.45, 2.75) is 12.5 Å². The zero-order valence-corrected chi connectivity index (χ0v) is 7.80. The summed E-state index contributed by atoms with van der Waals surface area (Å²) < 4.78 is 0. The molecule has 1 unspecified atom stereocenters. The highest BCUT2D eigenvalue weighted by Gasteiger charge is 2.15. The highest BCUT2D eigenvalue weighted by Crippen LogP contribution is 2.26. The Bertz CT molecular complexity index is 357. The third kappa shape index (κ3) is 1.82. The first-order valence-corrected chi connectivity index (χ1v) is 4.68. The molecule has 0 aromatic heterocycles. The SMILES string of the molecule is OC1=CCCN=NC1c1ccccc1. The molecule has 1 atom stereocenters. The lowest BCUT2D eigenvalue weighted by atomic mass is 10.1. The van der Waals surface area contributed by atoms with Crippen molar-refractivity contribution in [2.75, 3.05) is 6.54 Å². The van der Waals surface area contributed by atoms with Gasteiger partial charge in [0, 0.05) is 0 Å². The van der Waals surface area contributed by atoms with Crippen molar-refractivity contribution in [2.24, 2.45) is 10.2 Å². The van der Waals surface area contributed by atoms with Crippen LogP contribution in [0, 0.1) is 0 Å². The molecule has 0 radical (unpaired) electrons. The number of azo groups is 1. The van der Waals surface area contributed by atoms with E-state index in [9.17, 15) is 5.11 Å². The van der Waals surface area contributed by atoms with Gasteiger partial charge in [-0.3, -0.25) is 0 Å². The summed E-state index contributed by atoms with van der Waals surface area (Å²) in [4.78, 5) is 0. The van der Waals surface area contributed by atoms with E-state index in [-0.39, 0.29) is 6.04 Å². The number of rotatable bonds is 1. The summed E-state index contributed by atoms with van der Waals surface area (Å²) >= 11 is 0. The van der Waals surface area contributed by atoms with Crippen LogP contribution >= 0.6 is 0 Å². The van der Waals surface area contributed by atoms with Crippen LogP contribution in [0.1, 0.15) is 18.0 Å². The first-order valence-electron chi connectivity index (χ1n) is 4.68. The predicted octanol–water partition coefficient (Wildman–Crippen LogP) is 3.03. The maximum atomic E-state index is 9.71. The Hall–Kier alpha value is -1.64. The quantitative estimate of drug-likeness (QED) is 0.723. The molecule has 1 heterocycles. The minimum atomic E-state index is -0.307. The largest absolute Gasteiger partial charge is 0.510 e. The first kappa shape index (κ1) is 8.94. The molecule has 0 aliphatic carbocycles. The molecule has 0 saturated carbocycles. The Morgan fingerprint density at radius 1 is 1.21 bits per heavy atom. The zero-order chi connectivity index (χ0) is 9.80. The van der Waals surface area contributed by atoms with Crippen LogP contribution in [0.3, 0.4) is 0 Å². The number of benzene rings is 1. The number of nitrogens with zero attached hydrogens (tertiary/aromatic N) is 2. The van der Waals surface area contributed by atoms with Gasteiger partial charge in [0.1, 0.15) is 5.76 Å². The number of aliphatic hydroxyl groups excluding tert-OH is 1. The first-order chi connectivity index (χ1) is 6.88. The number of hydrogen-bond acceptors (Lipinski definition) is 3. The lowest BCUT2D eigenvalue weighted by Crippen LogP contribution is -1.97. The van der Waals surface area contributed by atoms with Gasteiger partial charge in [0.05, 0.1) is 6.54 Å². The minimum Gasteiger partial charge on any atom is -0.510 e. The van der Waals surface area contributed by atoms with Crippen LogP contribution in [0.25, 0.3) is 0 Å². The fraction of sp³-hybridized carbons (Fsp3) is 0.273. The topological polar surface area (TPSA) is 45.0 Å². The molecule has 0 amide bonds. The van der Waals surface area contributed by atoms with Crippen LogP contribution in [-0.2, 0) is 0 Å². The van der Waals surface area contributed by atoms with Crippen LogP contribution in [0.2, 0.25) is 0 Å². The maximum absolute atomic E-state index is 9.71. The monoisotopic (exact) mass is 188 g/mol. The minimum absolute atomic E-state index is 0.303. The molecule has 3 heteroatoms. The lowest BCUT2D eigenvalue weighted by molar-refractivity contribution is 0.367. The molecule has 14 heavy (non-hydrogen) atoms. The van der Waals surface area contributed by atoms with E-state index in [0.29, 0.717) is 12.3 Å². The van der Waals surface area contributed by atoms with Crippen molar-refractivity contribution < 1.29 is 5.11 Å². The van der Waals surface area contributed by atoms with E-state index in [0.717, 1.165) is 12.0 Å². The van der Waals surface area contributed by atoms with E-state index in [1.54, 1.807) is 6.08 Å². The summed E-state index contributed by atoms with van der Waals surface area (Å²) in [6.07, 6.45) is 2.55. The van der Waals surface area contributed by atoms with E-state index in [2.05, 4.69) is 10.2 Å². The van der Waals surface area contributed by atoms with E-state index in [1.807, 2.05) is 30.3 Å². The van der Waals surface area contributed by atoms with Gasteiger partial charge < -0.3 is 5.11 Å². The molecule has 0 saturated heterocycles. The van der Waals surface area contributed by atoms with Gasteiger partial charge in [-0.05, 0) is 18.1 Å². The molecule has 0 spiro atoms. The van der Waals surface area contributed by atoms with Gasteiger partial charge in [0.25, 0.3) is 0 Å². The van der Waals surface area contributed by atoms with Gasteiger partial charge in [0.15, 0.2) is 6.04 Å². The molecule has 1 aliphatic heterocycles. The van der Waals surface area contributed by atoms with Crippen LogP contribution in [0.4, 0.5) is 0 Å². The second-order valence-electron chi connectivity index (χ2n) is 3.21. The molecule has 2 rings (SSSR count). The van der Waals surface area contributed by atoms with Gasteiger partial charge in [-0.1, -0.05) is 30.3 Å². The second kappa shape index (κ2) is 4.05. The van der Waals surface area contributed by atoms with Crippen molar-refractivity contribution in [3.63, 3.8) is 0 Å². The molecular formula is C11H12N2O. The van der Waals surface area contributed by atoms with E-state index >= 15 is 0 Å². The summed E-state index contributed by atoms with van der Waals surface area (Å²) in [5.74, 6) is 0.303. The van der Waals surface area contributed by atoms with Gasteiger partial charge in [-0.2, -0.15) is 10.2 Å². The fourth-order valence-electron chi connectivity index (χ4n) is 1.45. The zero-order valence-electron chi connectivity index (χ0n) is 7.80. The van der Waals surface area contributed by atoms with Crippen molar-refractivity contribution in [1.82, 2.24) is 0 Å². The average molecular weight is 188 g/mol. The second-order valence-corrected chi connectivity index (χ2v) is 3.21. The standard InChI is InChI=1S/C11H12N2O/c14-10-7-4-8-12-13-11(10)9-5-2-1-3-6-9/h1-3,5-7,11,14H,4,8H2. The summed E-state index contributed by atoms with van der Waals surface area (Å²) in [5, 5.41) is 17.8. The molecule has 3 nitrogen and oxygen atoms in total. The Kier molecular flexibility index (Phi) is 2.58. The van der Waals surface area contributed by atoms with Gasteiger partial charge in [-0.15, -0.1) is 0 Å². The summed E-state index contributed by atoms with van der Waals surface area (Å²) in [6.45, 7) is 0.660. The van der Waals surface area contributed by atoms with Crippen LogP contribution in [0.15, 0.2) is 52.4 Å². The number of aliphatic hydroxyl groups is 1. The van der Waals surface area contributed by atoms with E-state index < -0.39 is 0 Å². The van der Waals surface area contributed by atoms with Gasteiger partial charge >= 0.3 is 0 Å². The third-order valence-electron chi connectivity index (χ3n) is 2.18. The summed E-state index contributed by atoms with van der Waals surface area (Å²) in [6, 6.07) is 9.39. The Balaban J connectivity index is 2.32. The molecule has 72 valence electrons. The lowest BCUT2D eigenvalue weighted by Gasteiger charge is -2.09. The molecule has 1 N–H and O–H groups in total. The summed E-state index contributed by atoms with van der Waals surface area (Å²) in [7, 11) is 0. The van der Waals surface area contributed by atoms with Crippen molar-refractivity contribution in [1.29, 1.82) is 0 Å². The van der Waals surface area contributed by atoms with Crippen LogP contribution < -0.4 is 0 Å². The summed E-state index contributed by atoms with van der Waals surface area (Å²) in [5.41, 5.74) is 0.979. The highest BCUT2D eigenvalue weighted by atomic mass is 16.3. The third-order valence-corrected chi connectivity index (χ3v) is 2.18. The molecule has 1 aromatic carbocycles. The molecule has 0 bridgehead atoms. The van der Waals surface area contributed by atoms with Gasteiger partial charge in [0.2, 0.25) is 0 Å². The Morgan fingerprint density at radius 2 is 2.00 bits per heavy atom. The molecule has 1 aliphatic rings. The molecular weight excluding hydrogens is 176 g/mol. The average Bonchev–Trinajstić information content (AvgIpc) is 2.44. The predicted molar refractivity (Wildman–Crippen MR) is 54.2 cm³/mol. The Morgan fingerprint density at radius 3 is 2.79 bits per heavy atom. The van der Waals surface area contributed by atoms with E-state index in [4.69, 9.17) is 0 Å². The molecule has 1 aromatic rings. The van der Waals surface area contributed by atoms with Crippen molar-refractivity contribution in [3.8, 4) is 0 Å². The van der Waals surface area contributed by atoms with Gasteiger partial charge in [-0.25, -0.2) is 0 Å². The smallest absolute Gasteiger partial charge is 0.152 e. The van der Waals surface area contributed by atoms with E-state index in [1.165, 1.54) is 0 Å². The molecule has 0 fully saturated rings. The Labute approximate surface area is 82.8 Å². The van der Waals surface area contributed by atoms with Crippen molar-refractivity contribution >= 4 is 0 Å². The normalized spacial score (nSPS) is 21.4. The van der Waals surface area contributed by atoms with Crippen molar-refractivity contribution in [3.05, 3.63) is 47.7 Å². The highest BCUT2D eigenvalue weighted by molar-refractivity contribution is 5.25. The maximum Gasteiger partial charge on any atom is 0.152 e. The fourth-order valence-corrected chi connectivity index (χ4v) is 1.45.